The van der Waals surface area contributed by atoms with Gasteiger partial charge in [-0.05, 0) is 32.0 Å². The maximum Gasteiger partial charge on any atom is 0.269 e. The van der Waals surface area contributed by atoms with Gasteiger partial charge in [0.25, 0.3) is 5.69 Å². The van der Waals surface area contributed by atoms with E-state index < -0.39 is 4.92 Å². The van der Waals surface area contributed by atoms with E-state index in [-0.39, 0.29) is 5.69 Å². The van der Waals surface area contributed by atoms with Crippen molar-refractivity contribution in [1.29, 1.82) is 0 Å². The summed E-state index contributed by atoms with van der Waals surface area (Å²) in [4.78, 5) is 19.7. The highest BCUT2D eigenvalue weighted by atomic mass is 16.6. The lowest BCUT2D eigenvalue weighted by molar-refractivity contribution is -0.384. The maximum atomic E-state index is 10.9. The number of aliphatic imine (C=N–C) groups is 1. The van der Waals surface area contributed by atoms with Crippen LogP contribution < -0.4 is 5.32 Å². The Morgan fingerprint density at radius 3 is 2.61 bits per heavy atom. The standard InChI is InChI=1S/C19H19N7O2/c1-12-10-13(2)25(23-12)17-9-8-16(18-19(22-17)24(3)11-20-18)21-14-4-6-15(7-5-14)26(27)28/h4-8,10-11,21H,9H2,1-3H3. The quantitative estimate of drug-likeness (QED) is 0.555. The number of aryl methyl sites for hydroxylation is 3. The minimum absolute atomic E-state index is 0.0501. The molecule has 2 aromatic heterocycles. The summed E-state index contributed by atoms with van der Waals surface area (Å²) >= 11 is 0. The van der Waals surface area contributed by atoms with Gasteiger partial charge in [-0.3, -0.25) is 10.1 Å². The Morgan fingerprint density at radius 2 is 1.96 bits per heavy atom. The molecule has 142 valence electrons. The topological polar surface area (TPSA) is 103 Å². The van der Waals surface area contributed by atoms with Crippen LogP contribution in [0.15, 0.2) is 47.7 Å². The lowest BCUT2D eigenvalue weighted by Gasteiger charge is -2.09. The van der Waals surface area contributed by atoms with Gasteiger partial charge in [0.15, 0.2) is 5.82 Å². The number of anilines is 1. The van der Waals surface area contributed by atoms with E-state index in [1.807, 2.05) is 42.3 Å². The number of allylic oxidation sites excluding steroid dienone is 1. The minimum atomic E-state index is -0.417. The normalized spacial score (nSPS) is 13.4. The fraction of sp³-hybridized carbons (Fsp3) is 0.211. The SMILES string of the molecule is Cc1cc(C)n(C2=Nc3c(ncn3C)C(Nc3ccc([N+](=O)[O-])cc3)=CC2)n1. The molecule has 0 unspecified atom stereocenters. The molecule has 1 N–H and O–H groups in total. The van der Waals surface area contributed by atoms with E-state index in [2.05, 4.69) is 15.4 Å². The van der Waals surface area contributed by atoms with E-state index in [4.69, 9.17) is 4.99 Å². The average molecular weight is 377 g/mol. The molecule has 3 heterocycles. The number of nitrogens with one attached hydrogen (secondary N) is 1. The van der Waals surface area contributed by atoms with Gasteiger partial charge in [-0.2, -0.15) is 5.10 Å². The zero-order chi connectivity index (χ0) is 19.8. The third kappa shape index (κ3) is 3.18. The van der Waals surface area contributed by atoms with Crippen molar-refractivity contribution in [3.8, 4) is 0 Å². The first-order valence-corrected chi connectivity index (χ1v) is 8.77. The first-order valence-electron chi connectivity index (χ1n) is 8.77. The third-order valence-corrected chi connectivity index (χ3v) is 4.50. The van der Waals surface area contributed by atoms with Gasteiger partial charge in [-0.15, -0.1) is 0 Å². The van der Waals surface area contributed by atoms with Gasteiger partial charge in [0.05, 0.1) is 22.6 Å². The fourth-order valence-corrected chi connectivity index (χ4v) is 3.16. The van der Waals surface area contributed by atoms with Crippen molar-refractivity contribution in [3.05, 3.63) is 69.9 Å². The van der Waals surface area contributed by atoms with Gasteiger partial charge in [0.2, 0.25) is 0 Å². The zero-order valence-corrected chi connectivity index (χ0v) is 15.7. The summed E-state index contributed by atoms with van der Waals surface area (Å²) in [5.41, 5.74) is 4.25. The molecular formula is C19H19N7O2. The molecule has 0 bridgehead atoms. The lowest BCUT2D eigenvalue weighted by atomic mass is 10.2. The third-order valence-electron chi connectivity index (χ3n) is 4.50. The van der Waals surface area contributed by atoms with E-state index >= 15 is 0 Å². The molecular weight excluding hydrogens is 358 g/mol. The molecule has 9 nitrogen and oxygen atoms in total. The molecule has 0 radical (unpaired) electrons. The van der Waals surface area contributed by atoms with Gasteiger partial charge in [-0.1, -0.05) is 6.08 Å². The number of non-ortho nitro benzene ring substituents is 1. The number of rotatable bonds is 3. The number of hydrogen-bond donors (Lipinski definition) is 1. The van der Waals surface area contributed by atoms with Crippen molar-refractivity contribution in [3.63, 3.8) is 0 Å². The van der Waals surface area contributed by atoms with Crippen LogP contribution in [0.3, 0.4) is 0 Å². The minimum Gasteiger partial charge on any atom is -0.354 e. The van der Waals surface area contributed by atoms with Crippen molar-refractivity contribution < 1.29 is 4.92 Å². The highest BCUT2D eigenvalue weighted by Gasteiger charge is 2.20. The highest BCUT2D eigenvalue weighted by Crippen LogP contribution is 2.30. The monoisotopic (exact) mass is 377 g/mol. The van der Waals surface area contributed by atoms with Gasteiger partial charge in [-0.25, -0.2) is 14.7 Å². The van der Waals surface area contributed by atoms with Crippen LogP contribution in [0.2, 0.25) is 0 Å². The second-order valence-electron chi connectivity index (χ2n) is 6.65. The van der Waals surface area contributed by atoms with E-state index in [0.717, 1.165) is 40.1 Å². The Hall–Kier alpha value is -3.75. The number of aromatic nitrogens is 4. The molecule has 0 aliphatic carbocycles. The predicted molar refractivity (Wildman–Crippen MR) is 107 cm³/mol. The summed E-state index contributed by atoms with van der Waals surface area (Å²) in [6, 6.07) is 8.30. The number of benzene rings is 1. The summed E-state index contributed by atoms with van der Waals surface area (Å²) in [6.07, 6.45) is 4.28. The summed E-state index contributed by atoms with van der Waals surface area (Å²) in [6.45, 7) is 3.95. The first kappa shape index (κ1) is 17.7. The molecule has 4 rings (SSSR count). The molecule has 1 aromatic carbocycles. The number of imidazole rings is 1. The summed E-state index contributed by atoms with van der Waals surface area (Å²) in [5.74, 6) is 1.52. The average Bonchev–Trinajstić information content (AvgIpc) is 3.13. The van der Waals surface area contributed by atoms with E-state index in [1.54, 1.807) is 18.5 Å². The van der Waals surface area contributed by atoms with E-state index in [1.165, 1.54) is 12.1 Å². The van der Waals surface area contributed by atoms with Crippen LogP contribution in [0.1, 0.15) is 23.5 Å². The number of hydrogen-bond acceptors (Lipinski definition) is 6. The van der Waals surface area contributed by atoms with Gasteiger partial charge < -0.3 is 9.88 Å². The Balaban J connectivity index is 1.70. The highest BCUT2D eigenvalue weighted by molar-refractivity contribution is 5.93. The molecule has 0 atom stereocenters. The zero-order valence-electron chi connectivity index (χ0n) is 15.7. The van der Waals surface area contributed by atoms with Gasteiger partial charge in [0, 0.05) is 37.0 Å². The fourth-order valence-electron chi connectivity index (χ4n) is 3.16. The molecule has 1 aliphatic heterocycles. The Bertz CT molecular complexity index is 1120. The van der Waals surface area contributed by atoms with E-state index in [9.17, 15) is 10.1 Å². The molecule has 0 amide bonds. The van der Waals surface area contributed by atoms with Crippen LogP contribution in [0, 0.1) is 24.0 Å². The van der Waals surface area contributed by atoms with E-state index in [0.29, 0.717) is 6.42 Å². The Kier molecular flexibility index (Phi) is 4.26. The second kappa shape index (κ2) is 6.76. The van der Waals surface area contributed by atoms with Crippen LogP contribution in [-0.4, -0.2) is 30.1 Å². The molecule has 3 aromatic rings. The number of nitro groups is 1. The van der Waals surface area contributed by atoms with Gasteiger partial charge in [0.1, 0.15) is 11.5 Å². The summed E-state index contributed by atoms with van der Waals surface area (Å²) < 4.78 is 3.70. The van der Waals surface area contributed by atoms with Crippen LogP contribution in [0.25, 0.3) is 5.70 Å². The lowest BCUT2D eigenvalue weighted by Crippen LogP contribution is -2.14. The first-order chi connectivity index (χ1) is 13.4. The molecule has 9 heteroatoms. The molecule has 1 aliphatic rings. The smallest absolute Gasteiger partial charge is 0.269 e. The summed E-state index contributed by atoms with van der Waals surface area (Å²) in [5, 5.41) is 18.7. The van der Waals surface area contributed by atoms with Crippen molar-refractivity contribution in [2.75, 3.05) is 5.32 Å². The Morgan fingerprint density at radius 1 is 1.21 bits per heavy atom. The molecule has 0 saturated heterocycles. The number of nitrogens with zero attached hydrogens (tertiary/aromatic N) is 6. The maximum absolute atomic E-state index is 10.9. The Labute approximate surface area is 161 Å². The molecule has 0 saturated carbocycles. The van der Waals surface area contributed by atoms with Crippen molar-refractivity contribution in [2.24, 2.45) is 12.0 Å². The van der Waals surface area contributed by atoms with Crippen LogP contribution in [-0.2, 0) is 7.05 Å². The second-order valence-corrected chi connectivity index (χ2v) is 6.65. The van der Waals surface area contributed by atoms with Crippen molar-refractivity contribution >= 4 is 28.7 Å². The molecule has 28 heavy (non-hydrogen) atoms. The number of fused-ring (bicyclic) bond motifs is 1. The summed E-state index contributed by atoms with van der Waals surface area (Å²) in [7, 11) is 1.89. The number of nitro benzene ring substituents is 1. The van der Waals surface area contributed by atoms with Crippen LogP contribution in [0.4, 0.5) is 17.2 Å². The largest absolute Gasteiger partial charge is 0.354 e. The van der Waals surface area contributed by atoms with Crippen LogP contribution >= 0.6 is 0 Å². The van der Waals surface area contributed by atoms with Crippen molar-refractivity contribution in [1.82, 2.24) is 19.3 Å². The predicted octanol–water partition coefficient (Wildman–Crippen LogP) is 3.58. The molecule has 0 fully saturated rings. The molecule has 0 spiro atoms. The van der Waals surface area contributed by atoms with Crippen molar-refractivity contribution in [2.45, 2.75) is 20.3 Å². The van der Waals surface area contributed by atoms with Crippen LogP contribution in [0.5, 0.6) is 0 Å². The van der Waals surface area contributed by atoms with Gasteiger partial charge >= 0.3 is 0 Å².